The van der Waals surface area contributed by atoms with Crippen LogP contribution in [0.25, 0.3) is 0 Å². The molecule has 2 unspecified atom stereocenters. The van der Waals surface area contributed by atoms with E-state index in [1.807, 2.05) is 6.07 Å². The zero-order valence-electron chi connectivity index (χ0n) is 11.3. The molecular formula is C14H20BrNO2S. The van der Waals surface area contributed by atoms with Crippen LogP contribution in [0.15, 0.2) is 33.6 Å². The van der Waals surface area contributed by atoms with Crippen molar-refractivity contribution >= 4 is 26.0 Å². The second kappa shape index (κ2) is 5.94. The Hall–Kier alpha value is -0.390. The number of sulfonamides is 1. The fourth-order valence-corrected chi connectivity index (χ4v) is 4.82. The molecule has 1 aliphatic carbocycles. The van der Waals surface area contributed by atoms with E-state index in [4.69, 9.17) is 0 Å². The molecule has 0 spiro atoms. The Balaban J connectivity index is 2.13. The number of benzene rings is 1. The minimum atomic E-state index is -3.41. The normalized spacial score (nSPS) is 28.3. The third kappa shape index (κ3) is 4.04. The maximum atomic E-state index is 12.3. The van der Waals surface area contributed by atoms with Crippen LogP contribution in [-0.4, -0.2) is 14.5 Å². The third-order valence-corrected chi connectivity index (χ3v) is 5.62. The summed E-state index contributed by atoms with van der Waals surface area (Å²) in [6.45, 7) is 4.38. The lowest BCUT2D eigenvalue weighted by Gasteiger charge is -2.31. The van der Waals surface area contributed by atoms with Crippen molar-refractivity contribution in [2.45, 2.75) is 44.0 Å². The van der Waals surface area contributed by atoms with E-state index in [2.05, 4.69) is 34.5 Å². The van der Waals surface area contributed by atoms with Crippen molar-refractivity contribution in [3.8, 4) is 0 Å². The van der Waals surface area contributed by atoms with Gasteiger partial charge in [0.25, 0.3) is 0 Å². The highest BCUT2D eigenvalue weighted by Crippen LogP contribution is 2.29. The molecule has 3 nitrogen and oxygen atoms in total. The lowest BCUT2D eigenvalue weighted by molar-refractivity contribution is 0.257. The zero-order valence-corrected chi connectivity index (χ0v) is 13.7. The van der Waals surface area contributed by atoms with Crippen LogP contribution in [0.5, 0.6) is 0 Å². The summed E-state index contributed by atoms with van der Waals surface area (Å²) >= 11 is 3.31. The van der Waals surface area contributed by atoms with E-state index in [9.17, 15) is 8.42 Å². The van der Waals surface area contributed by atoms with Crippen molar-refractivity contribution in [2.75, 3.05) is 0 Å². The molecule has 1 N–H and O–H groups in total. The maximum Gasteiger partial charge on any atom is 0.240 e. The van der Waals surface area contributed by atoms with E-state index >= 15 is 0 Å². The average molecular weight is 346 g/mol. The lowest BCUT2D eigenvalue weighted by atomic mass is 9.81. The molecule has 1 aromatic carbocycles. The van der Waals surface area contributed by atoms with Crippen LogP contribution in [0.2, 0.25) is 0 Å². The Morgan fingerprint density at radius 2 is 1.79 bits per heavy atom. The molecule has 5 heteroatoms. The van der Waals surface area contributed by atoms with Crippen molar-refractivity contribution in [1.82, 2.24) is 4.72 Å². The molecule has 1 saturated carbocycles. The molecule has 1 aliphatic rings. The number of nitrogens with one attached hydrogen (secondary N) is 1. The molecule has 19 heavy (non-hydrogen) atoms. The Bertz CT molecular complexity index is 534. The standard InChI is InChI=1S/C14H20BrNO2S/c1-10-6-11(2)8-13(7-10)16-19(17,18)14-5-3-4-12(15)9-14/h3-5,9-11,13,16H,6-8H2,1-2H3. The highest BCUT2D eigenvalue weighted by atomic mass is 79.9. The van der Waals surface area contributed by atoms with Crippen LogP contribution >= 0.6 is 15.9 Å². The number of hydrogen-bond acceptors (Lipinski definition) is 2. The predicted octanol–water partition coefficient (Wildman–Crippen LogP) is 3.55. The van der Waals surface area contributed by atoms with Crippen molar-refractivity contribution < 1.29 is 8.42 Å². The van der Waals surface area contributed by atoms with Crippen molar-refractivity contribution in [1.29, 1.82) is 0 Å². The van der Waals surface area contributed by atoms with E-state index in [1.165, 1.54) is 6.42 Å². The summed E-state index contributed by atoms with van der Waals surface area (Å²) in [4.78, 5) is 0.327. The first-order chi connectivity index (χ1) is 8.87. The molecule has 0 aromatic heterocycles. The summed E-state index contributed by atoms with van der Waals surface area (Å²) in [6, 6.07) is 6.89. The lowest BCUT2D eigenvalue weighted by Crippen LogP contribution is -2.39. The largest absolute Gasteiger partial charge is 0.240 e. The summed E-state index contributed by atoms with van der Waals surface area (Å²) in [5.74, 6) is 1.16. The molecule has 1 aromatic rings. The quantitative estimate of drug-likeness (QED) is 0.910. The Morgan fingerprint density at radius 1 is 1.16 bits per heavy atom. The van der Waals surface area contributed by atoms with Gasteiger partial charge in [-0.25, -0.2) is 13.1 Å². The van der Waals surface area contributed by atoms with E-state index in [0.717, 1.165) is 17.3 Å². The maximum absolute atomic E-state index is 12.3. The van der Waals surface area contributed by atoms with Gasteiger partial charge in [0.05, 0.1) is 4.90 Å². The first-order valence-electron chi connectivity index (χ1n) is 6.64. The molecule has 2 rings (SSSR count). The summed E-state index contributed by atoms with van der Waals surface area (Å²) in [5, 5.41) is 0. The van der Waals surface area contributed by atoms with Crippen LogP contribution in [0, 0.1) is 11.8 Å². The van der Waals surface area contributed by atoms with Gasteiger partial charge in [0.2, 0.25) is 10.0 Å². The van der Waals surface area contributed by atoms with Crippen molar-refractivity contribution in [3.63, 3.8) is 0 Å². The second-order valence-corrected chi connectivity index (χ2v) is 8.32. The molecule has 1 fully saturated rings. The first-order valence-corrected chi connectivity index (χ1v) is 8.92. The summed E-state index contributed by atoms with van der Waals surface area (Å²) in [6.07, 6.45) is 3.05. The smallest absolute Gasteiger partial charge is 0.208 e. The van der Waals surface area contributed by atoms with Crippen LogP contribution in [0.4, 0.5) is 0 Å². The monoisotopic (exact) mass is 345 g/mol. The Morgan fingerprint density at radius 3 is 2.37 bits per heavy atom. The minimum absolute atomic E-state index is 0.0581. The van der Waals surface area contributed by atoms with Crippen LogP contribution in [0.1, 0.15) is 33.1 Å². The topological polar surface area (TPSA) is 46.2 Å². The van der Waals surface area contributed by atoms with Crippen LogP contribution in [0.3, 0.4) is 0 Å². The molecular weight excluding hydrogens is 326 g/mol. The van der Waals surface area contributed by atoms with E-state index < -0.39 is 10.0 Å². The second-order valence-electron chi connectivity index (χ2n) is 5.69. The number of rotatable bonds is 3. The van der Waals surface area contributed by atoms with Gasteiger partial charge in [-0.05, 0) is 49.3 Å². The summed E-state index contributed by atoms with van der Waals surface area (Å²) in [5.41, 5.74) is 0. The van der Waals surface area contributed by atoms with Gasteiger partial charge in [0.1, 0.15) is 0 Å². The fourth-order valence-electron chi connectivity index (χ4n) is 2.96. The van der Waals surface area contributed by atoms with Gasteiger partial charge < -0.3 is 0 Å². The van der Waals surface area contributed by atoms with Crippen LogP contribution in [-0.2, 0) is 10.0 Å². The average Bonchev–Trinajstić information content (AvgIpc) is 2.26. The molecule has 0 radical (unpaired) electrons. The highest BCUT2D eigenvalue weighted by Gasteiger charge is 2.27. The first kappa shape index (κ1) is 15.0. The predicted molar refractivity (Wildman–Crippen MR) is 80.4 cm³/mol. The minimum Gasteiger partial charge on any atom is -0.208 e. The van der Waals surface area contributed by atoms with Gasteiger partial charge in [-0.2, -0.15) is 0 Å². The van der Waals surface area contributed by atoms with Gasteiger partial charge in [-0.3, -0.25) is 0 Å². The van der Waals surface area contributed by atoms with Gasteiger partial charge >= 0.3 is 0 Å². The molecule has 0 amide bonds. The van der Waals surface area contributed by atoms with Crippen LogP contribution < -0.4 is 4.72 Å². The molecule has 2 atom stereocenters. The van der Waals surface area contributed by atoms with Gasteiger partial charge in [0, 0.05) is 10.5 Å². The third-order valence-electron chi connectivity index (χ3n) is 3.61. The molecule has 106 valence electrons. The molecule has 0 bridgehead atoms. The molecule has 0 aliphatic heterocycles. The summed E-state index contributed by atoms with van der Waals surface area (Å²) < 4.78 is 28.3. The van der Waals surface area contributed by atoms with Crippen molar-refractivity contribution in [3.05, 3.63) is 28.7 Å². The highest BCUT2D eigenvalue weighted by molar-refractivity contribution is 9.10. The fraction of sp³-hybridized carbons (Fsp3) is 0.571. The Labute approximate surface area is 124 Å². The van der Waals surface area contributed by atoms with E-state index in [-0.39, 0.29) is 6.04 Å². The molecule has 0 heterocycles. The number of hydrogen-bond donors (Lipinski definition) is 1. The zero-order chi connectivity index (χ0) is 14.0. The SMILES string of the molecule is CC1CC(C)CC(NS(=O)(=O)c2cccc(Br)c2)C1. The van der Waals surface area contributed by atoms with E-state index in [1.54, 1.807) is 18.2 Å². The van der Waals surface area contributed by atoms with Gasteiger partial charge in [-0.1, -0.05) is 35.8 Å². The van der Waals surface area contributed by atoms with E-state index in [0.29, 0.717) is 16.7 Å². The van der Waals surface area contributed by atoms with Crippen molar-refractivity contribution in [2.24, 2.45) is 11.8 Å². The number of halogens is 1. The summed E-state index contributed by atoms with van der Waals surface area (Å²) in [7, 11) is -3.41. The van der Waals surface area contributed by atoms with Gasteiger partial charge in [0.15, 0.2) is 0 Å². The van der Waals surface area contributed by atoms with Gasteiger partial charge in [-0.15, -0.1) is 0 Å². The molecule has 0 saturated heterocycles. The Kier molecular flexibility index (Phi) is 4.69.